The number of fused-ring (bicyclic) bond motifs is 1. The first-order chi connectivity index (χ1) is 14.2. The molecule has 4 rings (SSSR count). The molecule has 0 fully saturated rings. The first-order valence-electron chi connectivity index (χ1n) is 9.57. The second-order valence-corrected chi connectivity index (χ2v) is 6.72. The van der Waals surface area contributed by atoms with E-state index >= 15 is 0 Å². The average Bonchev–Trinajstić information content (AvgIpc) is 3.25. The molecule has 0 aliphatic carbocycles. The molecule has 0 radical (unpaired) electrons. The van der Waals surface area contributed by atoms with Gasteiger partial charge in [-0.1, -0.05) is 24.3 Å². The van der Waals surface area contributed by atoms with Crippen molar-refractivity contribution in [1.82, 2.24) is 14.4 Å². The number of methoxy groups -OCH3 is 2. The molecule has 4 aromatic rings. The molecule has 6 heteroatoms. The van der Waals surface area contributed by atoms with Crippen molar-refractivity contribution in [2.24, 2.45) is 0 Å². The van der Waals surface area contributed by atoms with Crippen molar-refractivity contribution in [3.63, 3.8) is 0 Å². The van der Waals surface area contributed by atoms with Crippen molar-refractivity contribution in [3.8, 4) is 22.8 Å². The lowest BCUT2D eigenvalue weighted by Gasteiger charge is -2.24. The molecule has 148 valence electrons. The van der Waals surface area contributed by atoms with Gasteiger partial charge in [-0.3, -0.25) is 4.98 Å². The Hall–Kier alpha value is -3.54. The van der Waals surface area contributed by atoms with E-state index in [9.17, 15) is 0 Å². The van der Waals surface area contributed by atoms with Gasteiger partial charge in [0.05, 0.1) is 26.1 Å². The van der Waals surface area contributed by atoms with E-state index in [-0.39, 0.29) is 0 Å². The lowest BCUT2D eigenvalue weighted by molar-refractivity contribution is 0.355. The summed E-state index contributed by atoms with van der Waals surface area (Å²) in [6.07, 6.45) is 7.49. The van der Waals surface area contributed by atoms with E-state index in [0.717, 1.165) is 47.2 Å². The van der Waals surface area contributed by atoms with Gasteiger partial charge in [-0.2, -0.15) is 0 Å². The SMILES string of the molecule is CCN(Cc1ccc(-c2cn3ccnc3cn2)cc1)c1ccc(OC)c(OC)c1. The van der Waals surface area contributed by atoms with Gasteiger partial charge in [0.2, 0.25) is 0 Å². The van der Waals surface area contributed by atoms with Crippen molar-refractivity contribution in [3.05, 3.63) is 72.8 Å². The standard InChI is InChI=1S/C23H24N4O2/c1-4-26(19-9-10-21(28-2)22(13-19)29-3)15-17-5-7-18(8-6-17)20-16-27-12-11-24-23(27)14-25-20/h5-14,16H,4,15H2,1-3H3. The molecule has 0 saturated heterocycles. The lowest BCUT2D eigenvalue weighted by Crippen LogP contribution is -2.22. The molecule has 0 bridgehead atoms. The largest absolute Gasteiger partial charge is 0.493 e. The summed E-state index contributed by atoms with van der Waals surface area (Å²) in [5.41, 5.74) is 5.18. The molecule has 0 spiro atoms. The topological polar surface area (TPSA) is 51.9 Å². The van der Waals surface area contributed by atoms with Crippen molar-refractivity contribution in [1.29, 1.82) is 0 Å². The number of imidazole rings is 1. The monoisotopic (exact) mass is 388 g/mol. The Morgan fingerprint density at radius 2 is 1.76 bits per heavy atom. The third-order valence-electron chi connectivity index (χ3n) is 5.02. The molecular formula is C23H24N4O2. The highest BCUT2D eigenvalue weighted by atomic mass is 16.5. The highest BCUT2D eigenvalue weighted by molar-refractivity contribution is 5.61. The Labute approximate surface area is 170 Å². The van der Waals surface area contributed by atoms with Crippen LogP contribution in [0.4, 0.5) is 5.69 Å². The maximum atomic E-state index is 5.45. The fraction of sp³-hybridized carbons (Fsp3) is 0.217. The van der Waals surface area contributed by atoms with Gasteiger partial charge in [0.25, 0.3) is 0 Å². The summed E-state index contributed by atoms with van der Waals surface area (Å²) in [5, 5.41) is 0. The number of hydrogen-bond acceptors (Lipinski definition) is 5. The summed E-state index contributed by atoms with van der Waals surface area (Å²) in [6.45, 7) is 3.84. The Bertz CT molecular complexity index is 1110. The average molecular weight is 388 g/mol. The van der Waals surface area contributed by atoms with Crippen LogP contribution in [0, 0.1) is 0 Å². The molecule has 0 aliphatic rings. The minimum atomic E-state index is 0.735. The van der Waals surface area contributed by atoms with Crippen LogP contribution in [-0.4, -0.2) is 35.1 Å². The minimum Gasteiger partial charge on any atom is -0.493 e. The number of rotatable bonds is 7. The summed E-state index contributed by atoms with van der Waals surface area (Å²) in [6, 6.07) is 14.5. The molecule has 0 N–H and O–H groups in total. The maximum Gasteiger partial charge on any atom is 0.162 e. The second kappa shape index (κ2) is 8.22. The predicted octanol–water partition coefficient (Wildman–Crippen LogP) is 4.44. The third kappa shape index (κ3) is 3.87. The van der Waals surface area contributed by atoms with E-state index in [1.54, 1.807) is 26.6 Å². The number of hydrogen-bond donors (Lipinski definition) is 0. The van der Waals surface area contributed by atoms with Crippen LogP contribution in [0.3, 0.4) is 0 Å². The molecule has 0 amide bonds. The third-order valence-corrected chi connectivity index (χ3v) is 5.02. The van der Waals surface area contributed by atoms with Crippen LogP contribution in [0.2, 0.25) is 0 Å². The van der Waals surface area contributed by atoms with E-state index in [1.807, 2.05) is 28.9 Å². The first kappa shape index (κ1) is 18.8. The number of aromatic nitrogens is 3. The number of ether oxygens (including phenoxy) is 2. The van der Waals surface area contributed by atoms with Crippen LogP contribution >= 0.6 is 0 Å². The van der Waals surface area contributed by atoms with Gasteiger partial charge >= 0.3 is 0 Å². The summed E-state index contributed by atoms with van der Waals surface area (Å²) in [7, 11) is 3.31. The van der Waals surface area contributed by atoms with E-state index < -0.39 is 0 Å². The fourth-order valence-electron chi connectivity index (χ4n) is 3.38. The molecule has 2 heterocycles. The van der Waals surface area contributed by atoms with E-state index in [4.69, 9.17) is 9.47 Å². The van der Waals surface area contributed by atoms with Crippen molar-refractivity contribution < 1.29 is 9.47 Å². The molecule has 0 atom stereocenters. The molecule has 0 saturated carbocycles. The van der Waals surface area contributed by atoms with E-state index in [0.29, 0.717) is 0 Å². The van der Waals surface area contributed by atoms with Gasteiger partial charge < -0.3 is 18.8 Å². The van der Waals surface area contributed by atoms with Crippen molar-refractivity contribution in [2.75, 3.05) is 25.7 Å². The molecule has 6 nitrogen and oxygen atoms in total. The van der Waals surface area contributed by atoms with Crippen LogP contribution in [0.15, 0.2) is 67.3 Å². The predicted molar refractivity (Wildman–Crippen MR) is 115 cm³/mol. The fourth-order valence-corrected chi connectivity index (χ4v) is 3.38. The lowest BCUT2D eigenvalue weighted by atomic mass is 10.1. The zero-order valence-electron chi connectivity index (χ0n) is 16.9. The van der Waals surface area contributed by atoms with Crippen LogP contribution in [0.1, 0.15) is 12.5 Å². The highest BCUT2D eigenvalue weighted by Gasteiger charge is 2.11. The first-order valence-corrected chi connectivity index (χ1v) is 9.57. The maximum absolute atomic E-state index is 5.45. The van der Waals surface area contributed by atoms with Gasteiger partial charge in [0, 0.05) is 49.0 Å². The van der Waals surface area contributed by atoms with Gasteiger partial charge in [0.1, 0.15) is 0 Å². The Morgan fingerprint density at radius 3 is 2.48 bits per heavy atom. The zero-order chi connectivity index (χ0) is 20.2. The molecule has 2 aromatic heterocycles. The number of anilines is 1. The molecular weight excluding hydrogens is 364 g/mol. The zero-order valence-corrected chi connectivity index (χ0v) is 16.9. The quantitative estimate of drug-likeness (QED) is 0.468. The van der Waals surface area contributed by atoms with Crippen molar-refractivity contribution in [2.45, 2.75) is 13.5 Å². The number of nitrogens with zero attached hydrogens (tertiary/aromatic N) is 4. The summed E-state index contributed by atoms with van der Waals surface area (Å²) >= 11 is 0. The van der Waals surface area contributed by atoms with Crippen LogP contribution in [-0.2, 0) is 6.54 Å². The summed E-state index contributed by atoms with van der Waals surface area (Å²) in [5.74, 6) is 1.47. The molecule has 0 unspecified atom stereocenters. The van der Waals surface area contributed by atoms with Crippen LogP contribution in [0.25, 0.3) is 16.9 Å². The highest BCUT2D eigenvalue weighted by Crippen LogP contribution is 2.32. The van der Waals surface area contributed by atoms with Gasteiger partial charge in [-0.05, 0) is 24.6 Å². The molecule has 2 aromatic carbocycles. The smallest absolute Gasteiger partial charge is 0.162 e. The van der Waals surface area contributed by atoms with Gasteiger partial charge in [0.15, 0.2) is 17.1 Å². The molecule has 29 heavy (non-hydrogen) atoms. The summed E-state index contributed by atoms with van der Waals surface area (Å²) < 4.78 is 12.8. The van der Waals surface area contributed by atoms with Crippen molar-refractivity contribution >= 4 is 11.3 Å². The van der Waals surface area contributed by atoms with Crippen LogP contribution in [0.5, 0.6) is 11.5 Å². The van der Waals surface area contributed by atoms with E-state index in [2.05, 4.69) is 52.1 Å². The van der Waals surface area contributed by atoms with Crippen LogP contribution < -0.4 is 14.4 Å². The normalized spacial score (nSPS) is 10.9. The Kier molecular flexibility index (Phi) is 5.33. The Morgan fingerprint density at radius 1 is 0.966 bits per heavy atom. The minimum absolute atomic E-state index is 0.735. The Balaban J connectivity index is 1.54. The summed E-state index contributed by atoms with van der Waals surface area (Å²) in [4.78, 5) is 11.1. The van der Waals surface area contributed by atoms with Gasteiger partial charge in [-0.25, -0.2) is 4.98 Å². The molecule has 0 aliphatic heterocycles. The van der Waals surface area contributed by atoms with E-state index in [1.165, 1.54) is 5.56 Å². The number of benzene rings is 2. The van der Waals surface area contributed by atoms with Gasteiger partial charge in [-0.15, -0.1) is 0 Å². The second-order valence-electron chi connectivity index (χ2n) is 6.72.